The van der Waals surface area contributed by atoms with Gasteiger partial charge in [-0.05, 0) is 54.7 Å². The van der Waals surface area contributed by atoms with Crippen LogP contribution in [0.4, 0.5) is 5.69 Å². The van der Waals surface area contributed by atoms with Gasteiger partial charge in [-0.2, -0.15) is 0 Å². The van der Waals surface area contributed by atoms with Gasteiger partial charge in [-0.1, -0.05) is 48.0 Å². The Bertz CT molecular complexity index is 1230. The number of aromatic nitrogens is 1. The lowest BCUT2D eigenvalue weighted by Gasteiger charge is -2.26. The van der Waals surface area contributed by atoms with E-state index in [1.54, 1.807) is 24.4 Å². The number of rotatable bonds is 4. The van der Waals surface area contributed by atoms with Gasteiger partial charge in [0.05, 0.1) is 17.4 Å². The number of halogens is 1. The average molecular weight is 448 g/mol. The summed E-state index contributed by atoms with van der Waals surface area (Å²) in [6.07, 6.45) is 1.74. The van der Waals surface area contributed by atoms with E-state index in [2.05, 4.69) is 10.3 Å². The second-order valence-electron chi connectivity index (χ2n) is 7.20. The largest absolute Gasteiger partial charge is 0.506 e. The quantitative estimate of drug-likeness (QED) is 0.381. The zero-order valence-electron chi connectivity index (χ0n) is 16.3. The van der Waals surface area contributed by atoms with Gasteiger partial charge >= 0.3 is 0 Å². The first-order valence-electron chi connectivity index (χ1n) is 9.76. The third-order valence-corrected chi connectivity index (χ3v) is 5.82. The Kier molecular flexibility index (Phi) is 5.10. The molecule has 154 valence electrons. The number of nitrogens with one attached hydrogen (secondary N) is 1. The first-order valence-corrected chi connectivity index (χ1v) is 10.5. The molecule has 7 heteroatoms. The molecule has 1 aliphatic heterocycles. The van der Waals surface area contributed by atoms with Gasteiger partial charge in [-0.25, -0.2) is 0 Å². The van der Waals surface area contributed by atoms with Gasteiger partial charge in [-0.3, -0.25) is 4.98 Å². The van der Waals surface area contributed by atoms with Crippen LogP contribution in [0.3, 0.4) is 0 Å². The van der Waals surface area contributed by atoms with Crippen LogP contribution in [0.1, 0.15) is 23.5 Å². The molecule has 0 bridgehead atoms. The summed E-state index contributed by atoms with van der Waals surface area (Å²) in [6.45, 7) is 0. The number of anilines is 1. The van der Waals surface area contributed by atoms with E-state index in [1.165, 1.54) is 0 Å². The summed E-state index contributed by atoms with van der Waals surface area (Å²) in [7, 11) is 0. The van der Waals surface area contributed by atoms with Crippen molar-refractivity contribution < 1.29 is 9.52 Å². The topological polar surface area (TPSA) is 61.5 Å². The number of hydrogen-bond donors (Lipinski definition) is 2. The van der Waals surface area contributed by atoms with E-state index in [4.69, 9.17) is 28.2 Å². The van der Waals surface area contributed by atoms with Crippen LogP contribution in [0.5, 0.6) is 5.75 Å². The molecule has 0 saturated carbocycles. The highest BCUT2D eigenvalue weighted by Gasteiger charge is 2.43. The van der Waals surface area contributed by atoms with Crippen molar-refractivity contribution in [2.75, 3.05) is 4.90 Å². The van der Waals surface area contributed by atoms with Crippen molar-refractivity contribution in [3.05, 3.63) is 102 Å². The number of phenolic OH excluding ortho intramolecular Hbond substituents is 1. The number of hydrogen-bond acceptors (Lipinski definition) is 4. The summed E-state index contributed by atoms with van der Waals surface area (Å²) in [5, 5.41) is 14.9. The molecule has 0 radical (unpaired) electrons. The lowest BCUT2D eigenvalue weighted by Crippen LogP contribution is -2.29. The molecular weight excluding hydrogens is 430 g/mol. The molecule has 0 aliphatic carbocycles. The zero-order chi connectivity index (χ0) is 21.4. The van der Waals surface area contributed by atoms with E-state index in [-0.39, 0.29) is 17.8 Å². The summed E-state index contributed by atoms with van der Waals surface area (Å²) < 4.78 is 6.29. The highest BCUT2D eigenvalue weighted by atomic mass is 35.5. The van der Waals surface area contributed by atoms with Crippen LogP contribution in [-0.2, 0) is 0 Å². The fourth-order valence-corrected chi connectivity index (χ4v) is 4.37. The van der Waals surface area contributed by atoms with Gasteiger partial charge in [0, 0.05) is 16.8 Å². The molecule has 2 aromatic carbocycles. The van der Waals surface area contributed by atoms with Crippen molar-refractivity contribution >= 4 is 34.6 Å². The standard InChI is InChI=1S/C24H18ClN3O2S/c25-16-9-10-19(29)18(14-16)28-23(22(27-24(28)31)17-8-4-5-13-26-17)21-12-11-20(30-21)15-6-2-1-3-7-15/h1-14,22-23,29H,(H,27,31)/t22-,23+/m0/s1. The number of thiocarbonyl (C=S) groups is 1. The maximum Gasteiger partial charge on any atom is 0.174 e. The maximum absolute atomic E-state index is 10.6. The molecule has 0 unspecified atom stereocenters. The summed E-state index contributed by atoms with van der Waals surface area (Å²) in [5.41, 5.74) is 2.30. The minimum absolute atomic E-state index is 0.0788. The molecule has 5 rings (SSSR count). The second-order valence-corrected chi connectivity index (χ2v) is 8.02. The number of phenols is 1. The van der Waals surface area contributed by atoms with Crippen molar-refractivity contribution in [1.29, 1.82) is 0 Å². The van der Waals surface area contributed by atoms with Crippen LogP contribution < -0.4 is 10.2 Å². The minimum Gasteiger partial charge on any atom is -0.506 e. The predicted octanol–water partition coefficient (Wildman–Crippen LogP) is 5.88. The molecule has 1 fully saturated rings. The Morgan fingerprint density at radius 1 is 1.00 bits per heavy atom. The van der Waals surface area contributed by atoms with E-state index >= 15 is 0 Å². The van der Waals surface area contributed by atoms with Crippen LogP contribution >= 0.6 is 23.8 Å². The van der Waals surface area contributed by atoms with Crippen LogP contribution in [0.15, 0.2) is 89.5 Å². The second kappa shape index (κ2) is 8.06. The van der Waals surface area contributed by atoms with Crippen molar-refractivity contribution in [3.8, 4) is 17.1 Å². The van der Waals surface area contributed by atoms with Gasteiger partial charge in [0.15, 0.2) is 5.11 Å². The van der Waals surface area contributed by atoms with Gasteiger partial charge in [0.1, 0.15) is 23.3 Å². The van der Waals surface area contributed by atoms with E-state index in [9.17, 15) is 5.11 Å². The Balaban J connectivity index is 1.63. The molecule has 1 saturated heterocycles. The summed E-state index contributed by atoms with van der Waals surface area (Å²) in [6, 6.07) is 23.8. The van der Waals surface area contributed by atoms with Crippen molar-refractivity contribution in [1.82, 2.24) is 10.3 Å². The SMILES string of the molecule is Oc1ccc(Cl)cc1N1C(=S)N[C@@H](c2ccccn2)[C@H]1c1ccc(-c2ccccc2)o1. The van der Waals surface area contributed by atoms with Gasteiger partial charge in [0.2, 0.25) is 0 Å². The van der Waals surface area contributed by atoms with E-state index in [0.717, 1.165) is 17.0 Å². The molecule has 31 heavy (non-hydrogen) atoms. The fraction of sp³-hybridized carbons (Fsp3) is 0.0833. The van der Waals surface area contributed by atoms with E-state index in [1.807, 2.05) is 65.6 Å². The van der Waals surface area contributed by atoms with E-state index in [0.29, 0.717) is 21.6 Å². The monoisotopic (exact) mass is 447 g/mol. The molecule has 5 nitrogen and oxygen atoms in total. The Morgan fingerprint density at radius 2 is 1.81 bits per heavy atom. The number of pyridine rings is 1. The number of furan rings is 1. The molecule has 1 aliphatic rings. The lowest BCUT2D eigenvalue weighted by molar-refractivity contribution is 0.434. The van der Waals surface area contributed by atoms with Crippen molar-refractivity contribution in [2.24, 2.45) is 0 Å². The third kappa shape index (κ3) is 3.65. The molecule has 2 atom stereocenters. The summed E-state index contributed by atoms with van der Waals surface area (Å²) >= 11 is 11.9. The molecule has 2 N–H and O–H groups in total. The number of nitrogens with zero attached hydrogens (tertiary/aromatic N) is 2. The molecule has 3 heterocycles. The Morgan fingerprint density at radius 3 is 2.58 bits per heavy atom. The molecule has 2 aromatic heterocycles. The van der Waals surface area contributed by atoms with E-state index < -0.39 is 0 Å². The van der Waals surface area contributed by atoms with Gasteiger partial charge < -0.3 is 19.7 Å². The van der Waals surface area contributed by atoms with Crippen LogP contribution in [0.2, 0.25) is 5.02 Å². The third-order valence-electron chi connectivity index (χ3n) is 5.27. The van der Waals surface area contributed by atoms with Crippen molar-refractivity contribution in [2.45, 2.75) is 12.1 Å². The summed E-state index contributed by atoms with van der Waals surface area (Å²) in [5.74, 6) is 1.53. The highest BCUT2D eigenvalue weighted by molar-refractivity contribution is 7.80. The van der Waals surface area contributed by atoms with Crippen molar-refractivity contribution in [3.63, 3.8) is 0 Å². The maximum atomic E-state index is 10.6. The fourth-order valence-electron chi connectivity index (χ4n) is 3.86. The first kappa shape index (κ1) is 19.6. The number of aromatic hydroxyl groups is 1. The Labute approximate surface area is 189 Å². The lowest BCUT2D eigenvalue weighted by atomic mass is 10.0. The minimum atomic E-state index is -0.371. The summed E-state index contributed by atoms with van der Waals surface area (Å²) in [4.78, 5) is 6.36. The van der Waals surface area contributed by atoms with Gasteiger partial charge in [-0.15, -0.1) is 0 Å². The number of benzene rings is 2. The first-order chi connectivity index (χ1) is 15.1. The average Bonchev–Trinajstić information content (AvgIpc) is 3.41. The molecule has 0 spiro atoms. The Hall–Kier alpha value is -3.35. The van der Waals surface area contributed by atoms with Gasteiger partial charge in [0.25, 0.3) is 0 Å². The molecular formula is C24H18ClN3O2S. The van der Waals surface area contributed by atoms with Crippen LogP contribution in [0.25, 0.3) is 11.3 Å². The zero-order valence-corrected chi connectivity index (χ0v) is 17.8. The predicted molar refractivity (Wildman–Crippen MR) is 125 cm³/mol. The van der Waals surface area contributed by atoms with Crippen LogP contribution in [-0.4, -0.2) is 15.2 Å². The smallest absolute Gasteiger partial charge is 0.174 e. The van der Waals surface area contributed by atoms with Crippen LogP contribution in [0, 0.1) is 0 Å². The normalized spacial score (nSPS) is 18.2. The molecule has 4 aromatic rings. The highest BCUT2D eigenvalue weighted by Crippen LogP contribution is 2.45. The molecule has 0 amide bonds.